The minimum absolute atomic E-state index is 0.0269. The standard InChI is InChI=1S/C22H30N2O6S/c1-29-18-7-6-15-4-3-5-16(20(15)10-18)12-23-13-17(25)14-30-19-8-9-22(26)21(11-19)24-31(2,27)28/h6-11,16-17,23-26H,3-5,12-14H2,1-2H3/t16?,17-/m1/s1. The lowest BCUT2D eigenvalue weighted by atomic mass is 9.82. The molecule has 1 aliphatic carbocycles. The van der Waals surface area contributed by atoms with Crippen molar-refractivity contribution in [2.75, 3.05) is 37.8 Å². The number of sulfonamides is 1. The molecule has 2 aromatic rings. The molecule has 0 spiro atoms. The van der Waals surface area contributed by atoms with E-state index in [4.69, 9.17) is 9.47 Å². The van der Waals surface area contributed by atoms with Crippen molar-refractivity contribution in [1.29, 1.82) is 0 Å². The van der Waals surface area contributed by atoms with Gasteiger partial charge in [-0.25, -0.2) is 8.42 Å². The maximum Gasteiger partial charge on any atom is 0.229 e. The zero-order chi connectivity index (χ0) is 22.4. The van der Waals surface area contributed by atoms with Crippen molar-refractivity contribution in [1.82, 2.24) is 5.32 Å². The van der Waals surface area contributed by atoms with Crippen LogP contribution in [-0.4, -0.2) is 57.8 Å². The third-order valence-corrected chi connectivity index (χ3v) is 5.86. The summed E-state index contributed by atoms with van der Waals surface area (Å²) in [6.07, 6.45) is 3.56. The molecule has 0 aromatic heterocycles. The molecule has 0 saturated heterocycles. The quantitative estimate of drug-likeness (QED) is 0.410. The van der Waals surface area contributed by atoms with E-state index in [1.807, 2.05) is 6.07 Å². The Morgan fingerprint density at radius 1 is 1.19 bits per heavy atom. The van der Waals surface area contributed by atoms with Crippen LogP contribution in [0, 0.1) is 0 Å². The smallest absolute Gasteiger partial charge is 0.229 e. The summed E-state index contributed by atoms with van der Waals surface area (Å²) in [4.78, 5) is 0. The largest absolute Gasteiger partial charge is 0.506 e. The molecule has 0 aliphatic heterocycles. The van der Waals surface area contributed by atoms with E-state index in [1.165, 1.54) is 29.3 Å². The molecule has 0 saturated carbocycles. The number of hydrogen-bond acceptors (Lipinski definition) is 7. The molecule has 0 heterocycles. The van der Waals surface area contributed by atoms with Crippen LogP contribution in [-0.2, 0) is 16.4 Å². The van der Waals surface area contributed by atoms with E-state index in [0.29, 0.717) is 18.2 Å². The molecule has 31 heavy (non-hydrogen) atoms. The van der Waals surface area contributed by atoms with Gasteiger partial charge in [0.1, 0.15) is 30.0 Å². The predicted molar refractivity (Wildman–Crippen MR) is 120 cm³/mol. The normalized spacial score (nSPS) is 16.9. The van der Waals surface area contributed by atoms with Crippen LogP contribution in [0.5, 0.6) is 17.2 Å². The Labute approximate surface area is 183 Å². The van der Waals surface area contributed by atoms with Crippen LogP contribution in [0.2, 0.25) is 0 Å². The maximum atomic E-state index is 11.4. The molecule has 3 rings (SSSR count). The van der Waals surface area contributed by atoms with E-state index in [0.717, 1.165) is 37.8 Å². The van der Waals surface area contributed by atoms with Gasteiger partial charge >= 0.3 is 0 Å². The summed E-state index contributed by atoms with van der Waals surface area (Å²) in [6, 6.07) is 10.5. The monoisotopic (exact) mass is 450 g/mol. The van der Waals surface area contributed by atoms with E-state index in [9.17, 15) is 18.6 Å². The van der Waals surface area contributed by atoms with Gasteiger partial charge in [0.25, 0.3) is 0 Å². The Morgan fingerprint density at radius 3 is 2.71 bits per heavy atom. The van der Waals surface area contributed by atoms with Gasteiger partial charge in [-0.3, -0.25) is 4.72 Å². The molecule has 2 atom stereocenters. The van der Waals surface area contributed by atoms with Gasteiger partial charge in [-0.1, -0.05) is 6.07 Å². The third kappa shape index (κ3) is 6.75. The van der Waals surface area contributed by atoms with Gasteiger partial charge in [-0.05, 0) is 60.6 Å². The van der Waals surface area contributed by atoms with Gasteiger partial charge in [-0.2, -0.15) is 0 Å². The van der Waals surface area contributed by atoms with Crippen LogP contribution < -0.4 is 19.5 Å². The SMILES string of the molecule is COc1ccc2c(c1)C(CNC[C@@H](O)COc1ccc(O)c(NS(C)(=O)=O)c1)CCC2. The molecule has 4 N–H and O–H groups in total. The van der Waals surface area contributed by atoms with Crippen LogP contribution in [0.15, 0.2) is 36.4 Å². The van der Waals surface area contributed by atoms with Crippen molar-refractivity contribution in [2.45, 2.75) is 31.3 Å². The summed E-state index contributed by atoms with van der Waals surface area (Å²) in [6.45, 7) is 1.15. The number of rotatable bonds is 10. The number of nitrogens with one attached hydrogen (secondary N) is 2. The Balaban J connectivity index is 1.49. The molecule has 1 unspecified atom stereocenters. The number of aliphatic hydroxyl groups is 1. The summed E-state index contributed by atoms with van der Waals surface area (Å²) < 4.78 is 35.9. The Morgan fingerprint density at radius 2 is 1.97 bits per heavy atom. The average molecular weight is 451 g/mol. The number of benzene rings is 2. The number of phenols is 1. The highest BCUT2D eigenvalue weighted by Gasteiger charge is 2.21. The second-order valence-electron chi connectivity index (χ2n) is 7.83. The Hall–Kier alpha value is -2.49. The minimum atomic E-state index is -3.53. The molecule has 0 fully saturated rings. The van der Waals surface area contributed by atoms with Gasteiger partial charge in [-0.15, -0.1) is 0 Å². The third-order valence-electron chi connectivity index (χ3n) is 5.27. The van der Waals surface area contributed by atoms with Gasteiger partial charge in [0.2, 0.25) is 10.0 Å². The molecular weight excluding hydrogens is 420 g/mol. The van der Waals surface area contributed by atoms with E-state index in [-0.39, 0.29) is 18.0 Å². The van der Waals surface area contributed by atoms with Crippen LogP contribution in [0.3, 0.4) is 0 Å². The number of aliphatic hydroxyl groups excluding tert-OH is 1. The van der Waals surface area contributed by atoms with E-state index in [1.54, 1.807) is 7.11 Å². The molecule has 1 aliphatic rings. The number of fused-ring (bicyclic) bond motifs is 1. The number of phenolic OH excluding ortho intramolecular Hbond substituents is 1. The number of anilines is 1. The maximum absolute atomic E-state index is 11.4. The fourth-order valence-corrected chi connectivity index (χ4v) is 4.34. The van der Waals surface area contributed by atoms with Crippen LogP contribution >= 0.6 is 0 Å². The first-order chi connectivity index (χ1) is 14.7. The van der Waals surface area contributed by atoms with Crippen LogP contribution in [0.1, 0.15) is 29.9 Å². The molecule has 9 heteroatoms. The average Bonchev–Trinajstić information content (AvgIpc) is 2.73. The summed E-state index contributed by atoms with van der Waals surface area (Å²) in [5, 5.41) is 23.3. The highest BCUT2D eigenvalue weighted by atomic mass is 32.2. The number of ether oxygens (including phenoxy) is 2. The number of aryl methyl sites for hydroxylation is 1. The van der Waals surface area contributed by atoms with Crippen LogP contribution in [0.25, 0.3) is 0 Å². The van der Waals surface area contributed by atoms with Crippen LogP contribution in [0.4, 0.5) is 5.69 Å². The zero-order valence-electron chi connectivity index (χ0n) is 17.8. The summed E-state index contributed by atoms with van der Waals surface area (Å²) >= 11 is 0. The zero-order valence-corrected chi connectivity index (χ0v) is 18.6. The first kappa shape index (κ1) is 23.2. The molecule has 2 aromatic carbocycles. The van der Waals surface area contributed by atoms with Crippen molar-refractivity contribution in [3.63, 3.8) is 0 Å². The van der Waals surface area contributed by atoms with E-state index < -0.39 is 16.1 Å². The minimum Gasteiger partial charge on any atom is -0.506 e. The second kappa shape index (κ2) is 10.2. The molecule has 8 nitrogen and oxygen atoms in total. The lowest BCUT2D eigenvalue weighted by Crippen LogP contribution is -2.34. The first-order valence-corrected chi connectivity index (χ1v) is 12.1. The Bertz CT molecular complexity index is 995. The van der Waals surface area contributed by atoms with Crippen molar-refractivity contribution in [3.8, 4) is 17.2 Å². The molecule has 0 amide bonds. The van der Waals surface area contributed by atoms with Gasteiger partial charge in [0.05, 0.1) is 19.1 Å². The van der Waals surface area contributed by atoms with Gasteiger partial charge in [0, 0.05) is 19.2 Å². The predicted octanol–water partition coefficient (Wildman–Crippen LogP) is 2.22. The lowest BCUT2D eigenvalue weighted by molar-refractivity contribution is 0.106. The molecule has 0 bridgehead atoms. The lowest BCUT2D eigenvalue weighted by Gasteiger charge is -2.26. The molecular formula is C22H30N2O6S. The molecule has 0 radical (unpaired) electrons. The first-order valence-electron chi connectivity index (χ1n) is 10.2. The van der Waals surface area contributed by atoms with E-state index in [2.05, 4.69) is 22.2 Å². The van der Waals surface area contributed by atoms with Gasteiger partial charge < -0.3 is 25.0 Å². The molecule has 170 valence electrons. The van der Waals surface area contributed by atoms with Crippen molar-refractivity contribution < 1.29 is 28.1 Å². The van der Waals surface area contributed by atoms with Crippen molar-refractivity contribution in [2.24, 2.45) is 0 Å². The second-order valence-corrected chi connectivity index (χ2v) is 9.58. The summed E-state index contributed by atoms with van der Waals surface area (Å²) in [7, 11) is -1.86. The Kier molecular flexibility index (Phi) is 7.64. The number of methoxy groups -OCH3 is 1. The highest BCUT2D eigenvalue weighted by Crippen LogP contribution is 2.33. The van der Waals surface area contributed by atoms with Gasteiger partial charge in [0.15, 0.2) is 0 Å². The topological polar surface area (TPSA) is 117 Å². The van der Waals surface area contributed by atoms with E-state index >= 15 is 0 Å². The summed E-state index contributed by atoms with van der Waals surface area (Å²) in [5.74, 6) is 1.37. The highest BCUT2D eigenvalue weighted by molar-refractivity contribution is 7.92. The van der Waals surface area contributed by atoms with Crippen molar-refractivity contribution >= 4 is 15.7 Å². The number of hydrogen-bond donors (Lipinski definition) is 4. The fourth-order valence-electron chi connectivity index (χ4n) is 3.78. The van der Waals surface area contributed by atoms with Crippen molar-refractivity contribution in [3.05, 3.63) is 47.5 Å². The number of aromatic hydroxyl groups is 1. The fraction of sp³-hybridized carbons (Fsp3) is 0.455. The summed E-state index contributed by atoms with van der Waals surface area (Å²) in [5.41, 5.74) is 2.69.